The Bertz CT molecular complexity index is 785. The molecule has 7 aromatic rings. The first-order chi connectivity index (χ1) is 18.0. The molecule has 2 atom stereocenters. The van der Waals surface area contributed by atoms with Crippen molar-refractivity contribution in [2.45, 2.75) is 0 Å². The SMILES string of the molecule is c1c[nH]cn1.c1c[nH]cn1.c1c[nH]cn1.c1c[nH]cn1.c1c[nH]cn1.c1c[nH]cn1.n1p[nH][pH][nH][pH]1. The van der Waals surface area contributed by atoms with Gasteiger partial charge in [-0.15, -0.1) is 0 Å². The maximum absolute atomic E-state index is 3.96. The highest BCUT2D eigenvalue weighted by Gasteiger charge is 1.59. The van der Waals surface area contributed by atoms with Gasteiger partial charge in [0, 0.05) is 91.4 Å². The average molecular weight is 547 g/mol. The molecule has 18 heteroatoms. The highest BCUT2D eigenvalue weighted by Crippen LogP contribution is 2.01. The summed E-state index contributed by atoms with van der Waals surface area (Å²) in [6.45, 7) is 0. The van der Waals surface area contributed by atoms with Crippen molar-refractivity contribution < 1.29 is 0 Å². The third kappa shape index (κ3) is 24.2. The van der Waals surface area contributed by atoms with Crippen LogP contribution in [-0.2, 0) is 0 Å². The van der Waals surface area contributed by atoms with Gasteiger partial charge in [-0.1, -0.05) is 0 Å². The first-order valence-electron chi connectivity index (χ1n) is 9.96. The molecule has 2 unspecified atom stereocenters. The van der Waals surface area contributed by atoms with E-state index in [0.717, 1.165) is 8.51 Å². The lowest BCUT2D eigenvalue weighted by Crippen LogP contribution is -1.47. The van der Waals surface area contributed by atoms with Gasteiger partial charge in [-0.3, -0.25) is 0 Å². The van der Waals surface area contributed by atoms with Gasteiger partial charge in [0.25, 0.3) is 0 Å². The van der Waals surface area contributed by atoms with Crippen LogP contribution < -0.4 is 0 Å². The molecule has 15 nitrogen and oxygen atoms in total. The van der Waals surface area contributed by atoms with Crippen LogP contribution in [0.4, 0.5) is 0 Å². The first kappa shape index (κ1) is 29.6. The molecule has 0 aliphatic heterocycles. The zero-order valence-corrected chi connectivity index (χ0v) is 21.9. The monoisotopic (exact) mass is 547 g/mol. The fraction of sp³-hybridized carbons (Fsp3) is 0. The minimum atomic E-state index is 0.614. The Morgan fingerprint density at radius 1 is 0.444 bits per heavy atom. The number of H-pyrrole nitrogens is 8. The highest BCUT2D eigenvalue weighted by molar-refractivity contribution is 7.43. The molecular weight excluding hydrogens is 519 g/mol. The average Bonchev–Trinajstić information content (AvgIpc) is 3.81. The minimum Gasteiger partial charge on any atom is -0.351 e. The second-order valence-corrected chi connectivity index (χ2v) is 8.61. The molecule has 0 bridgehead atoms. The second kappa shape index (κ2) is 26.8. The van der Waals surface area contributed by atoms with Gasteiger partial charge in [0.2, 0.25) is 0 Å². The third-order valence-electron chi connectivity index (χ3n) is 2.76. The number of aromatic nitrogens is 15. The van der Waals surface area contributed by atoms with Crippen LogP contribution in [0.1, 0.15) is 0 Å². The Balaban J connectivity index is 0.000000210. The Kier molecular flexibility index (Phi) is 22.0. The quantitative estimate of drug-likeness (QED) is 0.140. The molecule has 8 N–H and O–H groups in total. The van der Waals surface area contributed by atoms with Crippen LogP contribution in [0, 0.1) is 0 Å². The lowest BCUT2D eigenvalue weighted by atomic mass is 11.0. The number of nitrogens with one attached hydrogen (secondary N) is 8. The molecular formula is C18H28N15P3. The number of aromatic amines is 8. The molecule has 0 saturated carbocycles. The predicted octanol–water partition coefficient (Wildman–Crippen LogP) is 3.96. The molecule has 0 saturated heterocycles. The van der Waals surface area contributed by atoms with E-state index >= 15 is 0 Å². The fourth-order valence-electron chi connectivity index (χ4n) is 1.45. The van der Waals surface area contributed by atoms with Crippen molar-refractivity contribution in [2.75, 3.05) is 0 Å². The molecule has 0 aromatic carbocycles. The summed E-state index contributed by atoms with van der Waals surface area (Å²) in [6, 6.07) is 0. The number of hydrogen-bond acceptors (Lipinski definition) is 7. The van der Waals surface area contributed by atoms with Gasteiger partial charge >= 0.3 is 0 Å². The normalized spacial score (nSPS) is 8.67. The summed E-state index contributed by atoms with van der Waals surface area (Å²) >= 11 is 0. The molecule has 7 rings (SSSR count). The van der Waals surface area contributed by atoms with Crippen LogP contribution in [-0.4, -0.2) is 73.3 Å². The summed E-state index contributed by atoms with van der Waals surface area (Å²) in [5.74, 6) is 0. The standard InChI is InChI=1S/6C3H4N2.H4N3P3/c6*1-2-5-3-4-1;1-4-2-6-3-5-1/h6*1-3H,(H,4,5);1,4-5H,(H,2,3). The molecule has 0 amide bonds. The van der Waals surface area contributed by atoms with Crippen molar-refractivity contribution in [1.82, 2.24) is 73.3 Å². The molecule has 0 radical (unpaired) electrons. The predicted molar refractivity (Wildman–Crippen MR) is 144 cm³/mol. The fourth-order valence-corrected chi connectivity index (χ4v) is 4.10. The Morgan fingerprint density at radius 2 is 0.750 bits per heavy atom. The van der Waals surface area contributed by atoms with E-state index in [9.17, 15) is 0 Å². The molecule has 0 fully saturated rings. The van der Waals surface area contributed by atoms with Gasteiger partial charge in [-0.05, 0) is 0 Å². The summed E-state index contributed by atoms with van der Waals surface area (Å²) < 4.78 is 10.0. The Hall–Kier alpha value is -4.44. The van der Waals surface area contributed by atoms with Crippen molar-refractivity contribution in [2.24, 2.45) is 0 Å². The van der Waals surface area contributed by atoms with Gasteiger partial charge in [-0.2, -0.15) is 4.51 Å². The Labute approximate surface area is 211 Å². The molecule has 0 spiro atoms. The van der Waals surface area contributed by atoms with Crippen molar-refractivity contribution in [3.8, 4) is 0 Å². The third-order valence-corrected chi connectivity index (χ3v) is 5.35. The van der Waals surface area contributed by atoms with Gasteiger partial charge in [0.1, 0.15) is 8.51 Å². The maximum atomic E-state index is 3.96. The van der Waals surface area contributed by atoms with E-state index in [1.807, 2.05) is 0 Å². The van der Waals surface area contributed by atoms with E-state index in [1.165, 1.54) is 0 Å². The molecule has 7 heterocycles. The smallest absolute Gasteiger partial charge is 0.138 e. The van der Waals surface area contributed by atoms with Crippen LogP contribution in [0.2, 0.25) is 0 Å². The Morgan fingerprint density at radius 3 is 0.806 bits per heavy atom. The number of hydrogen-bond donors (Lipinski definition) is 8. The minimum absolute atomic E-state index is 0.614. The topological polar surface area (TPSA) is 217 Å². The van der Waals surface area contributed by atoms with E-state index in [4.69, 9.17) is 0 Å². The van der Waals surface area contributed by atoms with Crippen LogP contribution in [0.15, 0.2) is 112 Å². The van der Waals surface area contributed by atoms with E-state index in [0.29, 0.717) is 17.0 Å². The van der Waals surface area contributed by atoms with Crippen molar-refractivity contribution in [1.29, 1.82) is 0 Å². The second-order valence-electron chi connectivity index (χ2n) is 5.24. The van der Waals surface area contributed by atoms with Gasteiger partial charge in [-0.25, -0.2) is 29.9 Å². The summed E-state index contributed by atoms with van der Waals surface area (Å²) in [4.78, 5) is 38.5. The lowest BCUT2D eigenvalue weighted by Gasteiger charge is -1.75. The molecule has 190 valence electrons. The highest BCUT2D eigenvalue weighted by atomic mass is 31.1. The first-order valence-corrected chi connectivity index (χ1v) is 12.8. The van der Waals surface area contributed by atoms with Gasteiger partial charge < -0.3 is 38.9 Å². The van der Waals surface area contributed by atoms with Crippen molar-refractivity contribution >= 4 is 25.5 Å². The van der Waals surface area contributed by atoms with E-state index in [-0.39, 0.29) is 0 Å². The van der Waals surface area contributed by atoms with Crippen LogP contribution >= 0.6 is 25.5 Å². The molecule has 0 aliphatic carbocycles. The number of imidazole rings is 6. The zero-order valence-electron chi connectivity index (χ0n) is 19.0. The van der Waals surface area contributed by atoms with E-state index in [1.54, 1.807) is 112 Å². The van der Waals surface area contributed by atoms with Gasteiger partial charge in [0.05, 0.1) is 38.0 Å². The maximum Gasteiger partial charge on any atom is 0.138 e. The number of nitrogens with zero attached hydrogens (tertiary/aromatic N) is 7. The summed E-state index contributed by atoms with van der Waals surface area (Å²) in [6.07, 6.45) is 30.5. The zero-order chi connectivity index (χ0) is 25.5. The van der Waals surface area contributed by atoms with Crippen LogP contribution in [0.3, 0.4) is 0 Å². The number of rotatable bonds is 0. The van der Waals surface area contributed by atoms with Crippen LogP contribution in [0.25, 0.3) is 0 Å². The molecule has 0 aliphatic rings. The van der Waals surface area contributed by atoms with Gasteiger partial charge in [0.15, 0.2) is 0 Å². The van der Waals surface area contributed by atoms with Crippen molar-refractivity contribution in [3.63, 3.8) is 0 Å². The summed E-state index contributed by atoms with van der Waals surface area (Å²) in [5.41, 5.74) is 0. The lowest BCUT2D eigenvalue weighted by molar-refractivity contribution is 1.31. The van der Waals surface area contributed by atoms with Crippen molar-refractivity contribution in [3.05, 3.63) is 112 Å². The van der Waals surface area contributed by atoms with Crippen LogP contribution in [0.5, 0.6) is 0 Å². The van der Waals surface area contributed by atoms with E-state index < -0.39 is 0 Å². The molecule has 36 heavy (non-hydrogen) atoms. The summed E-state index contributed by atoms with van der Waals surface area (Å²) in [5, 5.41) is 0. The molecule has 7 aromatic heterocycles. The van der Waals surface area contributed by atoms with E-state index in [2.05, 4.69) is 73.3 Å². The summed E-state index contributed by atoms with van der Waals surface area (Å²) in [7, 11) is 2.36. The largest absolute Gasteiger partial charge is 0.351 e.